The average Bonchev–Trinajstić information content (AvgIpc) is 2.58. The second-order valence-corrected chi connectivity index (χ2v) is 6.00. The Bertz CT molecular complexity index is 326. The molecule has 0 bridgehead atoms. The lowest BCUT2D eigenvalue weighted by Crippen LogP contribution is -2.39. The molecule has 1 amide bonds. The number of amides is 1. The van der Waals surface area contributed by atoms with E-state index < -0.39 is 0 Å². The summed E-state index contributed by atoms with van der Waals surface area (Å²) in [6.45, 7) is 7.94. The van der Waals surface area contributed by atoms with Crippen LogP contribution in [0.5, 0.6) is 0 Å². The number of rotatable bonds is 3. The van der Waals surface area contributed by atoms with Crippen molar-refractivity contribution in [2.75, 3.05) is 0 Å². The fraction of sp³-hybridized carbons (Fsp3) is 0.714. The van der Waals surface area contributed by atoms with Crippen molar-refractivity contribution < 1.29 is 9.59 Å². The first kappa shape index (κ1) is 13.9. The first-order chi connectivity index (χ1) is 7.78. The lowest BCUT2D eigenvalue weighted by Gasteiger charge is -2.19. The molecule has 0 aromatic rings. The summed E-state index contributed by atoms with van der Waals surface area (Å²) in [6, 6.07) is 0. The summed E-state index contributed by atoms with van der Waals surface area (Å²) in [4.78, 5) is 22.8. The third-order valence-electron chi connectivity index (χ3n) is 3.08. The van der Waals surface area contributed by atoms with Gasteiger partial charge >= 0.3 is 0 Å². The third kappa shape index (κ3) is 5.16. The Hall–Kier alpha value is -1.12. The van der Waals surface area contributed by atoms with Crippen LogP contribution in [0.2, 0.25) is 0 Å². The monoisotopic (exact) mass is 237 g/mol. The van der Waals surface area contributed by atoms with E-state index in [1.54, 1.807) is 6.08 Å². The molecule has 2 atom stereocenters. The largest absolute Gasteiger partial charge is 0.348 e. The van der Waals surface area contributed by atoms with Gasteiger partial charge in [0.15, 0.2) is 0 Å². The predicted octanol–water partition coefficient (Wildman–Crippen LogP) is 2.46. The molecule has 0 heterocycles. The highest BCUT2D eigenvalue weighted by Gasteiger charge is 2.25. The van der Waals surface area contributed by atoms with Gasteiger partial charge in [-0.25, -0.2) is 0 Å². The quantitative estimate of drug-likeness (QED) is 0.766. The van der Waals surface area contributed by atoms with Crippen LogP contribution >= 0.6 is 0 Å². The van der Waals surface area contributed by atoms with Crippen molar-refractivity contribution in [1.82, 2.24) is 5.32 Å². The van der Waals surface area contributed by atoms with Crippen molar-refractivity contribution >= 4 is 11.7 Å². The Balaban J connectivity index is 2.42. The van der Waals surface area contributed by atoms with Crippen LogP contribution in [0.3, 0.4) is 0 Å². The molecule has 3 heteroatoms. The van der Waals surface area contributed by atoms with E-state index in [4.69, 9.17) is 0 Å². The van der Waals surface area contributed by atoms with Crippen molar-refractivity contribution in [1.29, 1.82) is 0 Å². The highest BCUT2D eigenvalue weighted by Crippen LogP contribution is 2.29. The summed E-state index contributed by atoms with van der Waals surface area (Å²) in [5.41, 5.74) is -0.200. The number of nitrogens with one attached hydrogen (secondary N) is 1. The second kappa shape index (κ2) is 5.48. The number of hydrogen-bond acceptors (Lipinski definition) is 2. The van der Waals surface area contributed by atoms with Crippen LogP contribution < -0.4 is 5.32 Å². The zero-order chi connectivity index (χ0) is 13.1. The van der Waals surface area contributed by atoms with Crippen LogP contribution in [-0.2, 0) is 9.59 Å². The van der Waals surface area contributed by atoms with Gasteiger partial charge in [0.25, 0.3) is 0 Å². The van der Waals surface area contributed by atoms with E-state index >= 15 is 0 Å². The Kier molecular flexibility index (Phi) is 4.49. The highest BCUT2D eigenvalue weighted by molar-refractivity contribution is 5.88. The van der Waals surface area contributed by atoms with Gasteiger partial charge < -0.3 is 5.32 Å². The molecule has 0 aromatic heterocycles. The number of Topliss-reactive ketones (excluding diaryl/α,β-unsaturated/α-hetero) is 1. The molecule has 1 saturated carbocycles. The summed E-state index contributed by atoms with van der Waals surface area (Å²) in [5, 5.41) is 2.88. The van der Waals surface area contributed by atoms with Crippen molar-refractivity contribution in [2.24, 2.45) is 11.8 Å². The van der Waals surface area contributed by atoms with E-state index in [-0.39, 0.29) is 11.4 Å². The molecule has 1 aliphatic carbocycles. The van der Waals surface area contributed by atoms with Gasteiger partial charge in [-0.05, 0) is 45.1 Å². The summed E-state index contributed by atoms with van der Waals surface area (Å²) >= 11 is 0. The molecule has 1 aliphatic rings. The Morgan fingerprint density at radius 1 is 1.47 bits per heavy atom. The molecule has 1 N–H and O–H groups in total. The van der Waals surface area contributed by atoms with E-state index in [1.165, 1.54) is 0 Å². The maximum Gasteiger partial charge on any atom is 0.244 e. The molecule has 0 aliphatic heterocycles. The Labute approximate surface area is 104 Å². The molecule has 3 nitrogen and oxygen atoms in total. The van der Waals surface area contributed by atoms with Gasteiger partial charge in [-0.3, -0.25) is 9.59 Å². The number of hydrogen-bond donors (Lipinski definition) is 1. The van der Waals surface area contributed by atoms with Crippen LogP contribution in [0.25, 0.3) is 0 Å². The Morgan fingerprint density at radius 3 is 2.59 bits per heavy atom. The number of ketones is 1. The van der Waals surface area contributed by atoms with Gasteiger partial charge in [0.05, 0.1) is 0 Å². The maximum atomic E-state index is 11.6. The molecule has 0 aromatic carbocycles. The van der Waals surface area contributed by atoms with E-state index in [0.717, 1.165) is 6.42 Å². The SMILES string of the molecule is C[C@@H](/C=C/C(=O)NC(C)(C)C)[C@@H]1CCC(=O)C1. The zero-order valence-electron chi connectivity index (χ0n) is 11.2. The molecule has 0 unspecified atom stereocenters. The summed E-state index contributed by atoms with van der Waals surface area (Å²) in [6.07, 6.45) is 5.86. The second-order valence-electron chi connectivity index (χ2n) is 6.00. The standard InChI is InChI=1S/C14H23NO2/c1-10(11-6-7-12(16)9-11)5-8-13(17)15-14(2,3)4/h5,8,10-11H,6-7,9H2,1-4H3,(H,15,17)/b8-5+/t10-,11+/m0/s1. The highest BCUT2D eigenvalue weighted by atomic mass is 16.1. The molecule has 0 saturated heterocycles. The minimum atomic E-state index is -0.200. The molecule has 0 spiro atoms. The molecule has 1 fully saturated rings. The van der Waals surface area contributed by atoms with Gasteiger partial charge in [-0.15, -0.1) is 0 Å². The Morgan fingerprint density at radius 2 is 2.12 bits per heavy atom. The van der Waals surface area contributed by atoms with Crippen LogP contribution in [-0.4, -0.2) is 17.2 Å². The van der Waals surface area contributed by atoms with Gasteiger partial charge in [0.1, 0.15) is 5.78 Å². The van der Waals surface area contributed by atoms with Crippen molar-refractivity contribution in [3.8, 4) is 0 Å². The summed E-state index contributed by atoms with van der Waals surface area (Å²) < 4.78 is 0. The molecule has 0 radical (unpaired) electrons. The predicted molar refractivity (Wildman–Crippen MR) is 68.5 cm³/mol. The molecule has 17 heavy (non-hydrogen) atoms. The van der Waals surface area contributed by atoms with Crippen molar-refractivity contribution in [3.63, 3.8) is 0 Å². The third-order valence-corrected chi connectivity index (χ3v) is 3.08. The minimum absolute atomic E-state index is 0.0614. The number of carbonyl (C=O) groups is 2. The van der Waals surface area contributed by atoms with Crippen molar-refractivity contribution in [3.05, 3.63) is 12.2 Å². The fourth-order valence-electron chi connectivity index (χ4n) is 2.10. The van der Waals surface area contributed by atoms with Crippen LogP contribution in [0.4, 0.5) is 0 Å². The lowest BCUT2D eigenvalue weighted by atomic mass is 9.92. The summed E-state index contributed by atoms with van der Waals surface area (Å²) in [7, 11) is 0. The molecular weight excluding hydrogens is 214 g/mol. The smallest absolute Gasteiger partial charge is 0.244 e. The van der Waals surface area contributed by atoms with Crippen LogP contribution in [0, 0.1) is 11.8 Å². The molecule has 96 valence electrons. The van der Waals surface area contributed by atoms with E-state index in [2.05, 4.69) is 12.2 Å². The maximum absolute atomic E-state index is 11.6. The number of allylic oxidation sites excluding steroid dienone is 1. The van der Waals surface area contributed by atoms with Crippen LogP contribution in [0.15, 0.2) is 12.2 Å². The lowest BCUT2D eigenvalue weighted by molar-refractivity contribution is -0.118. The number of carbonyl (C=O) groups excluding carboxylic acids is 2. The summed E-state index contributed by atoms with van der Waals surface area (Å²) in [5.74, 6) is 1.01. The van der Waals surface area contributed by atoms with Gasteiger partial charge in [0.2, 0.25) is 5.91 Å². The fourth-order valence-corrected chi connectivity index (χ4v) is 2.10. The van der Waals surface area contributed by atoms with E-state index in [1.807, 2.05) is 26.8 Å². The van der Waals surface area contributed by atoms with E-state index in [9.17, 15) is 9.59 Å². The topological polar surface area (TPSA) is 46.2 Å². The zero-order valence-corrected chi connectivity index (χ0v) is 11.2. The first-order valence-electron chi connectivity index (χ1n) is 6.30. The van der Waals surface area contributed by atoms with Gasteiger partial charge in [0, 0.05) is 18.4 Å². The van der Waals surface area contributed by atoms with Gasteiger partial charge in [-0.2, -0.15) is 0 Å². The van der Waals surface area contributed by atoms with E-state index in [0.29, 0.717) is 30.5 Å². The first-order valence-corrected chi connectivity index (χ1v) is 6.30. The van der Waals surface area contributed by atoms with Crippen molar-refractivity contribution in [2.45, 2.75) is 52.5 Å². The molecular formula is C14H23NO2. The minimum Gasteiger partial charge on any atom is -0.348 e. The van der Waals surface area contributed by atoms with Crippen LogP contribution in [0.1, 0.15) is 47.0 Å². The van der Waals surface area contributed by atoms with Gasteiger partial charge in [-0.1, -0.05) is 13.0 Å². The average molecular weight is 237 g/mol. The molecule has 1 rings (SSSR count). The normalized spacial score (nSPS) is 23.1.